The molecule has 1 aliphatic rings. The van der Waals surface area contributed by atoms with Gasteiger partial charge in [-0.3, -0.25) is 0 Å². The Bertz CT molecular complexity index is 493. The molecule has 1 atom stereocenters. The minimum absolute atomic E-state index is 0.404. The van der Waals surface area contributed by atoms with Gasteiger partial charge < -0.3 is 15.1 Å². The van der Waals surface area contributed by atoms with Crippen molar-refractivity contribution < 1.29 is 4.42 Å². The average molecular weight is 242 g/mol. The number of rotatable bonds is 3. The van der Waals surface area contributed by atoms with Crippen LogP contribution in [0.1, 0.15) is 29.3 Å². The summed E-state index contributed by atoms with van der Waals surface area (Å²) < 4.78 is 5.37. The highest BCUT2D eigenvalue weighted by Crippen LogP contribution is 2.23. The van der Waals surface area contributed by atoms with Gasteiger partial charge in [0.1, 0.15) is 5.76 Å². The zero-order valence-corrected chi connectivity index (χ0v) is 10.4. The lowest BCUT2D eigenvalue weighted by atomic mass is 9.99. The molecule has 0 saturated heterocycles. The molecule has 18 heavy (non-hydrogen) atoms. The lowest BCUT2D eigenvalue weighted by Gasteiger charge is -2.18. The number of hydrogen-bond donors (Lipinski definition) is 2. The highest BCUT2D eigenvalue weighted by molar-refractivity contribution is 5.31. The Kier molecular flexibility index (Phi) is 3.44. The number of benzene rings is 1. The Morgan fingerprint density at radius 2 is 2.17 bits per heavy atom. The van der Waals surface area contributed by atoms with Crippen molar-refractivity contribution in [2.24, 2.45) is 0 Å². The van der Waals surface area contributed by atoms with Gasteiger partial charge in [-0.05, 0) is 36.2 Å². The second kappa shape index (κ2) is 5.38. The first-order chi connectivity index (χ1) is 8.93. The summed E-state index contributed by atoms with van der Waals surface area (Å²) in [5.74, 6) is 0.990. The van der Waals surface area contributed by atoms with E-state index in [2.05, 4.69) is 34.9 Å². The first-order valence-electron chi connectivity index (χ1n) is 6.48. The summed E-state index contributed by atoms with van der Waals surface area (Å²) in [4.78, 5) is 0. The standard InChI is InChI=1S/C15H18N2O/c1-2-6-14-12(4-1)10-16-8-7-15(14)17-11-13-5-3-9-18-13/h1-6,9,15-17H,7-8,10-11H2. The Hall–Kier alpha value is -1.58. The van der Waals surface area contributed by atoms with Crippen LogP contribution in [0.4, 0.5) is 0 Å². The molecule has 0 aliphatic carbocycles. The molecule has 0 amide bonds. The molecular formula is C15H18N2O. The van der Waals surface area contributed by atoms with E-state index in [0.29, 0.717) is 6.04 Å². The van der Waals surface area contributed by atoms with Gasteiger partial charge in [0.25, 0.3) is 0 Å². The Morgan fingerprint density at radius 3 is 3.06 bits per heavy atom. The lowest BCUT2D eigenvalue weighted by molar-refractivity contribution is 0.436. The minimum Gasteiger partial charge on any atom is -0.468 e. The summed E-state index contributed by atoms with van der Waals surface area (Å²) in [5, 5.41) is 7.05. The molecule has 2 N–H and O–H groups in total. The van der Waals surface area contributed by atoms with Crippen molar-refractivity contribution >= 4 is 0 Å². The highest BCUT2D eigenvalue weighted by atomic mass is 16.3. The second-order valence-corrected chi connectivity index (χ2v) is 4.68. The number of nitrogens with one attached hydrogen (secondary N) is 2. The molecule has 0 spiro atoms. The average Bonchev–Trinajstić information content (AvgIpc) is 2.84. The normalized spacial score (nSPS) is 19.2. The predicted octanol–water partition coefficient (Wildman–Crippen LogP) is 2.60. The van der Waals surface area contributed by atoms with E-state index in [0.717, 1.165) is 31.8 Å². The monoisotopic (exact) mass is 242 g/mol. The van der Waals surface area contributed by atoms with Crippen molar-refractivity contribution in [3.05, 3.63) is 59.5 Å². The van der Waals surface area contributed by atoms with Gasteiger partial charge >= 0.3 is 0 Å². The first-order valence-corrected chi connectivity index (χ1v) is 6.48. The topological polar surface area (TPSA) is 37.2 Å². The molecular weight excluding hydrogens is 224 g/mol. The molecule has 1 aromatic heterocycles. The summed E-state index contributed by atoms with van der Waals surface area (Å²) in [5.41, 5.74) is 2.81. The van der Waals surface area contributed by atoms with Crippen LogP contribution in [0.2, 0.25) is 0 Å². The molecule has 0 radical (unpaired) electrons. The SMILES string of the molecule is c1coc(CNC2CCNCc3ccccc32)c1. The summed E-state index contributed by atoms with van der Waals surface area (Å²) >= 11 is 0. The van der Waals surface area contributed by atoms with E-state index in [1.165, 1.54) is 11.1 Å². The molecule has 3 rings (SSSR count). The summed E-state index contributed by atoms with van der Waals surface area (Å²) in [7, 11) is 0. The van der Waals surface area contributed by atoms with Gasteiger partial charge in [-0.25, -0.2) is 0 Å². The number of furan rings is 1. The zero-order chi connectivity index (χ0) is 12.2. The van der Waals surface area contributed by atoms with Gasteiger partial charge in [-0.1, -0.05) is 24.3 Å². The summed E-state index contributed by atoms with van der Waals surface area (Å²) in [6, 6.07) is 13.0. The molecule has 3 nitrogen and oxygen atoms in total. The first kappa shape index (κ1) is 11.5. The van der Waals surface area contributed by atoms with Crippen LogP contribution < -0.4 is 10.6 Å². The fraction of sp³-hybridized carbons (Fsp3) is 0.333. The fourth-order valence-electron chi connectivity index (χ4n) is 2.51. The van der Waals surface area contributed by atoms with Gasteiger partial charge in [0, 0.05) is 12.6 Å². The van der Waals surface area contributed by atoms with E-state index in [4.69, 9.17) is 4.42 Å². The van der Waals surface area contributed by atoms with Crippen molar-refractivity contribution in [3.63, 3.8) is 0 Å². The van der Waals surface area contributed by atoms with Crippen molar-refractivity contribution in [2.75, 3.05) is 6.54 Å². The van der Waals surface area contributed by atoms with Gasteiger partial charge in [-0.15, -0.1) is 0 Å². The Morgan fingerprint density at radius 1 is 1.22 bits per heavy atom. The van der Waals surface area contributed by atoms with Crippen molar-refractivity contribution in [3.8, 4) is 0 Å². The second-order valence-electron chi connectivity index (χ2n) is 4.68. The molecule has 1 aliphatic heterocycles. The van der Waals surface area contributed by atoms with Gasteiger partial charge in [0.2, 0.25) is 0 Å². The maximum Gasteiger partial charge on any atom is 0.117 e. The van der Waals surface area contributed by atoms with E-state index >= 15 is 0 Å². The van der Waals surface area contributed by atoms with Crippen LogP contribution in [0.25, 0.3) is 0 Å². The van der Waals surface area contributed by atoms with Gasteiger partial charge in [0.15, 0.2) is 0 Å². The van der Waals surface area contributed by atoms with Gasteiger partial charge in [-0.2, -0.15) is 0 Å². The lowest BCUT2D eigenvalue weighted by Crippen LogP contribution is -2.22. The highest BCUT2D eigenvalue weighted by Gasteiger charge is 2.17. The molecule has 1 aromatic carbocycles. The molecule has 2 aromatic rings. The fourth-order valence-corrected chi connectivity index (χ4v) is 2.51. The van der Waals surface area contributed by atoms with E-state index in [1.807, 2.05) is 12.1 Å². The van der Waals surface area contributed by atoms with E-state index < -0.39 is 0 Å². The van der Waals surface area contributed by atoms with Crippen LogP contribution >= 0.6 is 0 Å². The van der Waals surface area contributed by atoms with Crippen LogP contribution in [0.15, 0.2) is 47.1 Å². The molecule has 0 bridgehead atoms. The van der Waals surface area contributed by atoms with E-state index in [1.54, 1.807) is 6.26 Å². The molecule has 1 unspecified atom stereocenters. The third-order valence-corrected chi connectivity index (χ3v) is 3.46. The molecule has 0 fully saturated rings. The van der Waals surface area contributed by atoms with Crippen LogP contribution in [0.3, 0.4) is 0 Å². The molecule has 3 heteroatoms. The van der Waals surface area contributed by atoms with Crippen molar-refractivity contribution in [1.29, 1.82) is 0 Å². The maximum absolute atomic E-state index is 5.37. The Labute approximate surface area is 107 Å². The minimum atomic E-state index is 0.404. The van der Waals surface area contributed by atoms with Gasteiger partial charge in [0.05, 0.1) is 12.8 Å². The third-order valence-electron chi connectivity index (χ3n) is 3.46. The quantitative estimate of drug-likeness (QED) is 0.868. The van der Waals surface area contributed by atoms with E-state index in [-0.39, 0.29) is 0 Å². The zero-order valence-electron chi connectivity index (χ0n) is 10.4. The van der Waals surface area contributed by atoms with Crippen LogP contribution in [0.5, 0.6) is 0 Å². The number of hydrogen-bond acceptors (Lipinski definition) is 3. The third kappa shape index (κ3) is 2.47. The number of fused-ring (bicyclic) bond motifs is 1. The Balaban J connectivity index is 1.75. The van der Waals surface area contributed by atoms with Crippen LogP contribution in [-0.4, -0.2) is 6.54 Å². The van der Waals surface area contributed by atoms with E-state index in [9.17, 15) is 0 Å². The van der Waals surface area contributed by atoms with Crippen molar-refractivity contribution in [1.82, 2.24) is 10.6 Å². The van der Waals surface area contributed by atoms with Crippen LogP contribution in [-0.2, 0) is 13.1 Å². The molecule has 0 saturated carbocycles. The molecule has 2 heterocycles. The largest absolute Gasteiger partial charge is 0.468 e. The maximum atomic E-state index is 5.37. The summed E-state index contributed by atoms with van der Waals surface area (Å²) in [6.45, 7) is 2.80. The van der Waals surface area contributed by atoms with Crippen LogP contribution in [0, 0.1) is 0 Å². The molecule has 94 valence electrons. The predicted molar refractivity (Wildman–Crippen MR) is 71.1 cm³/mol. The summed E-state index contributed by atoms with van der Waals surface area (Å²) in [6.07, 6.45) is 2.83. The van der Waals surface area contributed by atoms with Crippen molar-refractivity contribution in [2.45, 2.75) is 25.6 Å². The smallest absolute Gasteiger partial charge is 0.117 e.